The van der Waals surface area contributed by atoms with Crippen LogP contribution in [-0.2, 0) is 9.53 Å². The first-order valence-corrected chi connectivity index (χ1v) is 6.79. The number of hydrogen-bond donors (Lipinski definition) is 2. The number of hydrogen-bond acceptors (Lipinski definition) is 3. The Morgan fingerprint density at radius 2 is 2.21 bits per heavy atom. The number of amides is 1. The summed E-state index contributed by atoms with van der Waals surface area (Å²) in [6, 6.07) is 7.77. The summed E-state index contributed by atoms with van der Waals surface area (Å²) in [5.41, 5.74) is 1.84. The maximum Gasteiger partial charge on any atom is 0.238 e. The molecule has 1 aliphatic rings. The standard InChI is InChI=1S/C15H22N2O2/c1-12-6-3-4-7-13(12)17-14(18)10-16-11-15(2)8-5-9-19-15/h3-4,6-7,16H,5,8-11H2,1-2H3,(H,17,18). The zero-order valence-electron chi connectivity index (χ0n) is 11.7. The van der Waals surface area contributed by atoms with Crippen molar-refractivity contribution in [2.75, 3.05) is 25.0 Å². The lowest BCUT2D eigenvalue weighted by Gasteiger charge is -2.23. The first-order valence-electron chi connectivity index (χ1n) is 6.79. The topological polar surface area (TPSA) is 50.4 Å². The zero-order chi connectivity index (χ0) is 13.7. The number of rotatable bonds is 5. The number of carbonyl (C=O) groups is 1. The molecule has 1 heterocycles. The van der Waals surface area contributed by atoms with Gasteiger partial charge < -0.3 is 15.4 Å². The molecule has 1 aromatic carbocycles. The summed E-state index contributed by atoms with van der Waals surface area (Å²) < 4.78 is 5.67. The van der Waals surface area contributed by atoms with Gasteiger partial charge in [0.05, 0.1) is 12.1 Å². The van der Waals surface area contributed by atoms with Crippen molar-refractivity contribution in [3.05, 3.63) is 29.8 Å². The third kappa shape index (κ3) is 4.04. The quantitative estimate of drug-likeness (QED) is 0.854. The first-order chi connectivity index (χ1) is 9.09. The largest absolute Gasteiger partial charge is 0.374 e. The predicted octanol–water partition coefficient (Wildman–Crippen LogP) is 2.09. The summed E-state index contributed by atoms with van der Waals surface area (Å²) in [5.74, 6) is -0.0177. The number of anilines is 1. The molecule has 1 unspecified atom stereocenters. The fourth-order valence-electron chi connectivity index (χ4n) is 2.32. The summed E-state index contributed by atoms with van der Waals surface area (Å²) in [5, 5.41) is 6.08. The van der Waals surface area contributed by atoms with E-state index in [9.17, 15) is 4.79 Å². The molecule has 0 aliphatic carbocycles. The van der Waals surface area contributed by atoms with Crippen LogP contribution in [0.4, 0.5) is 5.69 Å². The molecule has 0 bridgehead atoms. The Labute approximate surface area is 114 Å². The monoisotopic (exact) mass is 262 g/mol. The van der Waals surface area contributed by atoms with Gasteiger partial charge in [-0.15, -0.1) is 0 Å². The van der Waals surface area contributed by atoms with Gasteiger partial charge in [-0.25, -0.2) is 0 Å². The number of ether oxygens (including phenoxy) is 1. The van der Waals surface area contributed by atoms with Gasteiger partial charge in [0.25, 0.3) is 0 Å². The van der Waals surface area contributed by atoms with E-state index in [0.29, 0.717) is 13.1 Å². The van der Waals surface area contributed by atoms with Gasteiger partial charge >= 0.3 is 0 Å². The van der Waals surface area contributed by atoms with E-state index >= 15 is 0 Å². The summed E-state index contributed by atoms with van der Waals surface area (Å²) >= 11 is 0. The van der Waals surface area contributed by atoms with Crippen LogP contribution in [0.25, 0.3) is 0 Å². The highest BCUT2D eigenvalue weighted by molar-refractivity contribution is 5.92. The summed E-state index contributed by atoms with van der Waals surface area (Å²) in [4.78, 5) is 11.8. The van der Waals surface area contributed by atoms with Crippen LogP contribution in [0, 0.1) is 6.92 Å². The Kier molecular flexibility index (Phi) is 4.56. The molecule has 0 spiro atoms. The van der Waals surface area contributed by atoms with Crippen molar-refractivity contribution in [1.29, 1.82) is 0 Å². The van der Waals surface area contributed by atoms with E-state index < -0.39 is 0 Å². The van der Waals surface area contributed by atoms with E-state index in [0.717, 1.165) is 30.7 Å². The lowest BCUT2D eigenvalue weighted by atomic mass is 10.0. The molecule has 2 N–H and O–H groups in total. The number of aryl methyl sites for hydroxylation is 1. The molecule has 0 radical (unpaired) electrons. The normalized spacial score (nSPS) is 22.4. The molecule has 1 aromatic rings. The maximum atomic E-state index is 11.8. The van der Waals surface area contributed by atoms with E-state index in [2.05, 4.69) is 17.6 Å². The number of nitrogens with one attached hydrogen (secondary N) is 2. The van der Waals surface area contributed by atoms with Gasteiger partial charge in [0.2, 0.25) is 5.91 Å². The molecule has 1 fully saturated rings. The minimum Gasteiger partial charge on any atom is -0.374 e. The second-order valence-electron chi connectivity index (χ2n) is 5.37. The molecule has 1 saturated heterocycles. The fourth-order valence-corrected chi connectivity index (χ4v) is 2.32. The van der Waals surface area contributed by atoms with Crippen molar-refractivity contribution in [2.45, 2.75) is 32.3 Å². The van der Waals surface area contributed by atoms with Crippen LogP contribution in [0.3, 0.4) is 0 Å². The molecular formula is C15H22N2O2. The summed E-state index contributed by atoms with van der Waals surface area (Å²) in [7, 11) is 0. The molecule has 1 atom stereocenters. The van der Waals surface area contributed by atoms with Gasteiger partial charge in [-0.1, -0.05) is 18.2 Å². The Balaban J connectivity index is 1.74. The average molecular weight is 262 g/mol. The Bertz CT molecular complexity index is 440. The van der Waals surface area contributed by atoms with Crippen molar-refractivity contribution in [1.82, 2.24) is 5.32 Å². The van der Waals surface area contributed by atoms with Crippen molar-refractivity contribution in [3.63, 3.8) is 0 Å². The highest BCUT2D eigenvalue weighted by atomic mass is 16.5. The molecule has 1 amide bonds. The van der Waals surface area contributed by atoms with Crippen molar-refractivity contribution < 1.29 is 9.53 Å². The third-order valence-electron chi connectivity index (χ3n) is 3.50. The van der Waals surface area contributed by atoms with E-state index in [-0.39, 0.29) is 11.5 Å². The smallest absolute Gasteiger partial charge is 0.238 e. The molecule has 19 heavy (non-hydrogen) atoms. The van der Waals surface area contributed by atoms with Crippen molar-refractivity contribution >= 4 is 11.6 Å². The Morgan fingerprint density at radius 3 is 2.89 bits per heavy atom. The lowest BCUT2D eigenvalue weighted by Crippen LogP contribution is -2.40. The van der Waals surface area contributed by atoms with Crippen LogP contribution in [0.2, 0.25) is 0 Å². The van der Waals surface area contributed by atoms with Gasteiger partial charge in [-0.05, 0) is 38.3 Å². The van der Waals surface area contributed by atoms with Crippen LogP contribution in [-0.4, -0.2) is 31.2 Å². The van der Waals surface area contributed by atoms with E-state index in [4.69, 9.17) is 4.74 Å². The molecule has 4 heteroatoms. The van der Waals surface area contributed by atoms with E-state index in [1.165, 1.54) is 0 Å². The van der Waals surface area contributed by atoms with Crippen molar-refractivity contribution in [2.24, 2.45) is 0 Å². The zero-order valence-corrected chi connectivity index (χ0v) is 11.7. The maximum absolute atomic E-state index is 11.8. The minimum absolute atomic E-state index is 0.0177. The SMILES string of the molecule is Cc1ccccc1NC(=O)CNCC1(C)CCCO1. The molecule has 0 aromatic heterocycles. The highest BCUT2D eigenvalue weighted by Crippen LogP contribution is 2.23. The second kappa shape index (κ2) is 6.17. The number of carbonyl (C=O) groups excluding carboxylic acids is 1. The van der Waals surface area contributed by atoms with Crippen LogP contribution in [0.5, 0.6) is 0 Å². The molecular weight excluding hydrogens is 240 g/mol. The lowest BCUT2D eigenvalue weighted by molar-refractivity contribution is -0.115. The minimum atomic E-state index is -0.108. The van der Waals surface area contributed by atoms with E-state index in [1.807, 2.05) is 31.2 Å². The Hall–Kier alpha value is -1.39. The molecule has 1 aliphatic heterocycles. The molecule has 4 nitrogen and oxygen atoms in total. The first kappa shape index (κ1) is 14.0. The average Bonchev–Trinajstić information content (AvgIpc) is 2.79. The highest BCUT2D eigenvalue weighted by Gasteiger charge is 2.29. The van der Waals surface area contributed by atoms with Crippen LogP contribution in [0.15, 0.2) is 24.3 Å². The number of benzene rings is 1. The molecule has 104 valence electrons. The Morgan fingerprint density at radius 1 is 1.42 bits per heavy atom. The van der Waals surface area contributed by atoms with Crippen LogP contribution in [0.1, 0.15) is 25.3 Å². The van der Waals surface area contributed by atoms with E-state index in [1.54, 1.807) is 0 Å². The van der Waals surface area contributed by atoms with Gasteiger partial charge in [-0.2, -0.15) is 0 Å². The number of para-hydroxylation sites is 1. The second-order valence-corrected chi connectivity index (χ2v) is 5.37. The fraction of sp³-hybridized carbons (Fsp3) is 0.533. The third-order valence-corrected chi connectivity index (χ3v) is 3.50. The predicted molar refractivity (Wildman–Crippen MR) is 76.3 cm³/mol. The van der Waals surface area contributed by atoms with Gasteiger partial charge in [0.1, 0.15) is 0 Å². The van der Waals surface area contributed by atoms with Crippen LogP contribution < -0.4 is 10.6 Å². The van der Waals surface area contributed by atoms with Crippen molar-refractivity contribution in [3.8, 4) is 0 Å². The molecule has 0 saturated carbocycles. The molecule has 2 rings (SSSR count). The van der Waals surface area contributed by atoms with Gasteiger partial charge in [0.15, 0.2) is 0 Å². The van der Waals surface area contributed by atoms with Gasteiger partial charge in [-0.3, -0.25) is 4.79 Å². The van der Waals surface area contributed by atoms with Crippen LogP contribution >= 0.6 is 0 Å². The summed E-state index contributed by atoms with van der Waals surface area (Å²) in [6.07, 6.45) is 2.16. The summed E-state index contributed by atoms with van der Waals surface area (Å²) in [6.45, 7) is 5.93. The van der Waals surface area contributed by atoms with Gasteiger partial charge in [0, 0.05) is 18.8 Å².